The van der Waals surface area contributed by atoms with E-state index in [2.05, 4.69) is 20.7 Å². The molecular formula is C12H12BrFN2O4. The van der Waals surface area contributed by atoms with Gasteiger partial charge in [-0.2, -0.15) is 0 Å². The Morgan fingerprint density at radius 1 is 1.60 bits per heavy atom. The number of methoxy groups -OCH3 is 1. The second-order valence-electron chi connectivity index (χ2n) is 4.37. The molecule has 1 aliphatic heterocycles. The van der Waals surface area contributed by atoms with E-state index in [1.54, 1.807) is 4.90 Å². The zero-order chi connectivity index (χ0) is 14.9. The number of nitro groups is 1. The minimum Gasteiger partial charge on any atom is -0.465 e. The molecule has 1 heterocycles. The molecule has 1 aliphatic rings. The first-order chi connectivity index (χ1) is 9.45. The zero-order valence-corrected chi connectivity index (χ0v) is 12.2. The molecule has 1 aromatic rings. The molecule has 1 saturated heterocycles. The van der Waals surface area contributed by atoms with Gasteiger partial charge in [0, 0.05) is 19.2 Å². The van der Waals surface area contributed by atoms with E-state index in [9.17, 15) is 19.3 Å². The zero-order valence-electron chi connectivity index (χ0n) is 10.6. The van der Waals surface area contributed by atoms with Gasteiger partial charge in [0.15, 0.2) is 0 Å². The summed E-state index contributed by atoms with van der Waals surface area (Å²) in [7, 11) is 1.19. The Labute approximate surface area is 122 Å². The lowest BCUT2D eigenvalue weighted by Gasteiger charge is -2.21. The number of esters is 1. The third-order valence-electron chi connectivity index (χ3n) is 3.16. The van der Waals surface area contributed by atoms with Crippen molar-refractivity contribution in [3.63, 3.8) is 0 Å². The van der Waals surface area contributed by atoms with Gasteiger partial charge in [0.2, 0.25) is 0 Å². The molecule has 0 radical (unpaired) electrons. The number of nitrogens with zero attached hydrogens (tertiary/aromatic N) is 2. The number of carbonyl (C=O) groups excluding carboxylic acids is 1. The average molecular weight is 347 g/mol. The van der Waals surface area contributed by atoms with Crippen molar-refractivity contribution in [1.82, 2.24) is 0 Å². The maximum absolute atomic E-state index is 13.3. The Hall–Kier alpha value is -1.70. The lowest BCUT2D eigenvalue weighted by atomic mass is 10.1. The Morgan fingerprint density at radius 3 is 2.80 bits per heavy atom. The average Bonchev–Trinajstić information content (AvgIpc) is 2.83. The number of rotatable bonds is 3. The highest BCUT2D eigenvalue weighted by Crippen LogP contribution is 2.37. The van der Waals surface area contributed by atoms with Gasteiger partial charge in [-0.3, -0.25) is 10.1 Å². The number of nitro benzene ring substituents is 1. The fourth-order valence-electron chi connectivity index (χ4n) is 2.19. The van der Waals surface area contributed by atoms with Crippen LogP contribution in [0.4, 0.5) is 15.8 Å². The smallest absolute Gasteiger partial charge is 0.341 e. The Balaban J connectivity index is 2.54. The van der Waals surface area contributed by atoms with Crippen LogP contribution in [0.25, 0.3) is 0 Å². The first-order valence-electron chi connectivity index (χ1n) is 5.90. The molecule has 2 rings (SSSR count). The molecule has 0 amide bonds. The highest BCUT2D eigenvalue weighted by atomic mass is 79.9. The molecule has 8 heteroatoms. The van der Waals surface area contributed by atoms with Crippen LogP contribution in [-0.2, 0) is 4.74 Å². The molecule has 1 aromatic carbocycles. The van der Waals surface area contributed by atoms with Crippen molar-refractivity contribution in [2.45, 2.75) is 12.6 Å². The number of anilines is 1. The summed E-state index contributed by atoms with van der Waals surface area (Å²) in [6.07, 6.45) is -0.593. The van der Waals surface area contributed by atoms with Crippen LogP contribution in [-0.4, -0.2) is 37.3 Å². The van der Waals surface area contributed by atoms with E-state index in [-0.39, 0.29) is 22.3 Å². The standard InChI is InChI=1S/C12H12BrFN2O4/c1-20-12(17)10-8(15-5-4-7(14)6-15)2-3-9(11(10)13)16(18)19/h2-3,7H,4-6H2,1H3/t7-/m0/s1. The molecule has 0 N–H and O–H groups in total. The topological polar surface area (TPSA) is 72.7 Å². The SMILES string of the molecule is COC(=O)c1c(N2CC[C@H](F)C2)ccc([N+](=O)[O-])c1Br. The molecule has 0 aromatic heterocycles. The van der Waals surface area contributed by atoms with E-state index in [4.69, 9.17) is 0 Å². The van der Waals surface area contributed by atoms with Crippen LogP contribution in [0.3, 0.4) is 0 Å². The van der Waals surface area contributed by atoms with E-state index < -0.39 is 17.1 Å². The van der Waals surface area contributed by atoms with Gasteiger partial charge in [-0.1, -0.05) is 0 Å². The normalized spacial score (nSPS) is 18.1. The van der Waals surface area contributed by atoms with Gasteiger partial charge in [-0.25, -0.2) is 9.18 Å². The summed E-state index contributed by atoms with van der Waals surface area (Å²) >= 11 is 3.07. The predicted octanol–water partition coefficient (Wildman–Crippen LogP) is 2.69. The van der Waals surface area contributed by atoms with Gasteiger partial charge in [-0.05, 0) is 28.4 Å². The molecule has 6 nitrogen and oxygen atoms in total. The summed E-state index contributed by atoms with van der Waals surface area (Å²) in [5.41, 5.74) is 0.260. The first-order valence-corrected chi connectivity index (χ1v) is 6.69. The van der Waals surface area contributed by atoms with Crippen LogP contribution in [0.1, 0.15) is 16.8 Å². The van der Waals surface area contributed by atoms with E-state index >= 15 is 0 Å². The van der Waals surface area contributed by atoms with Gasteiger partial charge >= 0.3 is 5.97 Å². The van der Waals surface area contributed by atoms with Crippen molar-refractivity contribution in [2.24, 2.45) is 0 Å². The molecule has 20 heavy (non-hydrogen) atoms. The molecule has 108 valence electrons. The van der Waals surface area contributed by atoms with Crippen molar-refractivity contribution in [3.05, 3.63) is 32.3 Å². The first kappa shape index (κ1) is 14.7. The number of alkyl halides is 1. The van der Waals surface area contributed by atoms with Crippen molar-refractivity contribution >= 4 is 33.3 Å². The third-order valence-corrected chi connectivity index (χ3v) is 3.96. The number of benzene rings is 1. The molecule has 0 unspecified atom stereocenters. The predicted molar refractivity (Wildman–Crippen MR) is 73.9 cm³/mol. The highest BCUT2D eigenvalue weighted by molar-refractivity contribution is 9.10. The Kier molecular flexibility index (Phi) is 4.22. The minimum atomic E-state index is -0.963. The molecule has 1 atom stereocenters. The summed E-state index contributed by atoms with van der Waals surface area (Å²) in [4.78, 5) is 23.9. The monoisotopic (exact) mass is 346 g/mol. The van der Waals surface area contributed by atoms with E-state index in [0.717, 1.165) is 0 Å². The molecule has 0 spiro atoms. The van der Waals surface area contributed by atoms with Gasteiger partial charge in [0.25, 0.3) is 5.69 Å². The summed E-state index contributed by atoms with van der Waals surface area (Å²) in [6, 6.07) is 2.74. The number of ether oxygens (including phenoxy) is 1. The minimum absolute atomic E-state index is 0.0501. The van der Waals surface area contributed by atoms with E-state index in [1.807, 2.05) is 0 Å². The molecule has 0 bridgehead atoms. The number of carbonyl (C=O) groups is 1. The number of hydrogen-bond donors (Lipinski definition) is 0. The quantitative estimate of drug-likeness (QED) is 0.478. The maximum Gasteiger partial charge on any atom is 0.341 e. The second-order valence-corrected chi connectivity index (χ2v) is 5.17. The van der Waals surface area contributed by atoms with Gasteiger partial charge in [-0.15, -0.1) is 0 Å². The van der Waals surface area contributed by atoms with Crippen LogP contribution in [0.5, 0.6) is 0 Å². The lowest BCUT2D eigenvalue weighted by Crippen LogP contribution is -2.23. The second kappa shape index (κ2) is 5.74. The third kappa shape index (κ3) is 2.60. The largest absolute Gasteiger partial charge is 0.465 e. The van der Waals surface area contributed by atoms with Crippen LogP contribution in [0.2, 0.25) is 0 Å². The summed E-state index contributed by atoms with van der Waals surface area (Å²) in [5.74, 6) is -0.696. The fraction of sp³-hybridized carbons (Fsp3) is 0.417. The number of halogens is 2. The van der Waals surface area contributed by atoms with Crippen LogP contribution in [0.15, 0.2) is 16.6 Å². The summed E-state index contributed by atoms with van der Waals surface area (Å²) < 4.78 is 18.0. The van der Waals surface area contributed by atoms with Crippen LogP contribution < -0.4 is 4.90 Å². The molecule has 0 aliphatic carbocycles. The lowest BCUT2D eigenvalue weighted by molar-refractivity contribution is -0.385. The number of hydrogen-bond acceptors (Lipinski definition) is 5. The van der Waals surface area contributed by atoms with Gasteiger partial charge < -0.3 is 9.64 Å². The van der Waals surface area contributed by atoms with Crippen molar-refractivity contribution in [1.29, 1.82) is 0 Å². The maximum atomic E-state index is 13.3. The fourth-order valence-corrected chi connectivity index (χ4v) is 2.83. The van der Waals surface area contributed by atoms with E-state index in [1.165, 1.54) is 19.2 Å². The molecule has 0 saturated carbocycles. The summed E-state index contributed by atoms with van der Waals surface area (Å²) in [5, 5.41) is 10.9. The van der Waals surface area contributed by atoms with Crippen molar-refractivity contribution in [2.75, 3.05) is 25.1 Å². The van der Waals surface area contributed by atoms with Crippen molar-refractivity contribution in [3.8, 4) is 0 Å². The van der Waals surface area contributed by atoms with Gasteiger partial charge in [0.05, 0.1) is 17.7 Å². The van der Waals surface area contributed by atoms with E-state index in [0.29, 0.717) is 18.7 Å². The van der Waals surface area contributed by atoms with Crippen molar-refractivity contribution < 1.29 is 18.8 Å². The Morgan fingerprint density at radius 2 is 2.30 bits per heavy atom. The Bertz CT molecular complexity index is 567. The van der Waals surface area contributed by atoms with Crippen LogP contribution in [0, 0.1) is 10.1 Å². The van der Waals surface area contributed by atoms with Gasteiger partial charge in [0.1, 0.15) is 16.2 Å². The molecule has 1 fully saturated rings. The molecular weight excluding hydrogens is 335 g/mol. The highest BCUT2D eigenvalue weighted by Gasteiger charge is 2.30. The summed E-state index contributed by atoms with van der Waals surface area (Å²) in [6.45, 7) is 0.615. The van der Waals surface area contributed by atoms with Crippen LogP contribution >= 0.6 is 15.9 Å².